The number of carbonyl (C=O) groups excluding carboxylic acids is 1. The van der Waals surface area contributed by atoms with Crippen LogP contribution in [0.1, 0.15) is 46.0 Å². The van der Waals surface area contributed by atoms with E-state index in [1.165, 1.54) is 19.3 Å². The molecule has 2 unspecified atom stereocenters. The van der Waals surface area contributed by atoms with E-state index in [-0.39, 0.29) is 5.91 Å². The summed E-state index contributed by atoms with van der Waals surface area (Å²) in [4.78, 5) is 13.2. The maximum atomic E-state index is 11.4. The molecule has 14 heavy (non-hydrogen) atoms. The lowest BCUT2D eigenvalue weighted by molar-refractivity contribution is -0.129. The third kappa shape index (κ3) is 2.98. The third-order valence-electron chi connectivity index (χ3n) is 2.90. The summed E-state index contributed by atoms with van der Waals surface area (Å²) in [6.07, 6.45) is 4.57. The fraction of sp³-hybridized carbons (Fsp3) is 0.909. The second kappa shape index (κ2) is 5.35. The molecule has 0 bridgehead atoms. The van der Waals surface area contributed by atoms with E-state index in [4.69, 9.17) is 0 Å². The predicted molar refractivity (Wildman–Crippen MR) is 55.9 cm³/mol. The molecule has 82 valence electrons. The van der Waals surface area contributed by atoms with E-state index in [2.05, 4.69) is 13.8 Å². The van der Waals surface area contributed by atoms with Gasteiger partial charge in [-0.15, -0.1) is 0 Å². The Bertz CT molecular complexity index is 194. The predicted octanol–water partition coefficient (Wildman–Crippen LogP) is 1.55. The van der Waals surface area contributed by atoms with Crippen LogP contribution in [-0.4, -0.2) is 34.6 Å². The highest BCUT2D eigenvalue weighted by molar-refractivity contribution is 5.79. The van der Waals surface area contributed by atoms with Gasteiger partial charge < -0.3 is 10.0 Å². The third-order valence-corrected chi connectivity index (χ3v) is 2.90. The molecule has 0 saturated carbocycles. The lowest BCUT2D eigenvalue weighted by Gasteiger charge is -2.24. The van der Waals surface area contributed by atoms with Crippen LogP contribution in [0.25, 0.3) is 0 Å². The molecular weight excluding hydrogens is 178 g/mol. The zero-order valence-electron chi connectivity index (χ0n) is 9.20. The molecule has 1 N–H and O–H groups in total. The van der Waals surface area contributed by atoms with Gasteiger partial charge in [-0.2, -0.15) is 0 Å². The number of carbonyl (C=O) groups is 1. The second-order valence-electron chi connectivity index (χ2n) is 4.25. The Kier molecular flexibility index (Phi) is 4.39. The summed E-state index contributed by atoms with van der Waals surface area (Å²) in [5.41, 5.74) is 0. The first-order valence-electron chi connectivity index (χ1n) is 5.62. The van der Waals surface area contributed by atoms with Crippen LogP contribution in [0.2, 0.25) is 0 Å². The van der Waals surface area contributed by atoms with Crippen molar-refractivity contribution < 1.29 is 9.90 Å². The number of β-amino-alcohol motifs (C(OH)–C–C–N with tert-alkyl or cyclic N) is 1. The standard InChI is InChI=1S/C11H21NO2/c1-3-4-5-6-9(2)12-8-10(13)7-11(12)14/h9-10,13H,3-8H2,1-2H3. The highest BCUT2D eigenvalue weighted by Crippen LogP contribution is 2.17. The molecule has 0 aromatic heterocycles. The molecule has 0 aromatic rings. The molecule has 0 spiro atoms. The average molecular weight is 199 g/mol. The zero-order valence-corrected chi connectivity index (χ0v) is 9.20. The molecule has 1 saturated heterocycles. The van der Waals surface area contributed by atoms with E-state index in [1.807, 2.05) is 4.90 Å². The smallest absolute Gasteiger partial charge is 0.225 e. The number of hydrogen-bond acceptors (Lipinski definition) is 2. The number of nitrogens with zero attached hydrogens (tertiary/aromatic N) is 1. The first kappa shape index (κ1) is 11.5. The van der Waals surface area contributed by atoms with Crippen molar-refractivity contribution >= 4 is 5.91 Å². The van der Waals surface area contributed by atoms with Crippen LogP contribution in [0.3, 0.4) is 0 Å². The van der Waals surface area contributed by atoms with Crippen LogP contribution in [0, 0.1) is 0 Å². The summed E-state index contributed by atoms with van der Waals surface area (Å²) in [7, 11) is 0. The number of likely N-dealkylation sites (tertiary alicyclic amines) is 1. The molecule has 1 rings (SSSR count). The van der Waals surface area contributed by atoms with Gasteiger partial charge in [0.05, 0.1) is 12.5 Å². The first-order valence-corrected chi connectivity index (χ1v) is 5.62. The van der Waals surface area contributed by atoms with Crippen molar-refractivity contribution in [2.75, 3.05) is 6.54 Å². The van der Waals surface area contributed by atoms with Crippen molar-refractivity contribution in [1.29, 1.82) is 0 Å². The molecule has 2 atom stereocenters. The average Bonchev–Trinajstić information content (AvgIpc) is 2.45. The first-order chi connectivity index (χ1) is 6.65. The largest absolute Gasteiger partial charge is 0.391 e. The molecule has 1 amide bonds. The van der Waals surface area contributed by atoms with E-state index in [0.717, 1.165) is 6.42 Å². The Morgan fingerprint density at radius 3 is 2.79 bits per heavy atom. The van der Waals surface area contributed by atoms with Crippen molar-refractivity contribution in [2.45, 2.75) is 58.1 Å². The summed E-state index contributed by atoms with van der Waals surface area (Å²) in [5, 5.41) is 9.33. The molecular formula is C11H21NO2. The van der Waals surface area contributed by atoms with Crippen molar-refractivity contribution in [2.24, 2.45) is 0 Å². The molecule has 3 heteroatoms. The minimum Gasteiger partial charge on any atom is -0.391 e. The van der Waals surface area contributed by atoms with Gasteiger partial charge in [-0.3, -0.25) is 4.79 Å². The zero-order chi connectivity index (χ0) is 10.6. The Labute approximate surface area is 86.1 Å². The molecule has 0 radical (unpaired) electrons. The van der Waals surface area contributed by atoms with Crippen LogP contribution >= 0.6 is 0 Å². The van der Waals surface area contributed by atoms with Gasteiger partial charge in [0.1, 0.15) is 0 Å². The Hall–Kier alpha value is -0.570. The number of hydrogen-bond donors (Lipinski definition) is 1. The van der Waals surface area contributed by atoms with Gasteiger partial charge in [0.15, 0.2) is 0 Å². The quantitative estimate of drug-likeness (QED) is 0.682. The van der Waals surface area contributed by atoms with Gasteiger partial charge in [0.25, 0.3) is 0 Å². The van der Waals surface area contributed by atoms with Gasteiger partial charge in [0, 0.05) is 12.6 Å². The highest BCUT2D eigenvalue weighted by atomic mass is 16.3. The molecule has 1 heterocycles. The van der Waals surface area contributed by atoms with E-state index in [1.54, 1.807) is 0 Å². The van der Waals surface area contributed by atoms with Crippen molar-refractivity contribution in [3.63, 3.8) is 0 Å². The lowest BCUT2D eigenvalue weighted by Crippen LogP contribution is -2.34. The lowest BCUT2D eigenvalue weighted by atomic mass is 10.1. The highest BCUT2D eigenvalue weighted by Gasteiger charge is 2.30. The molecule has 1 aliphatic heterocycles. The van der Waals surface area contributed by atoms with Crippen LogP contribution < -0.4 is 0 Å². The van der Waals surface area contributed by atoms with Gasteiger partial charge >= 0.3 is 0 Å². The molecule has 0 aromatic carbocycles. The minimum absolute atomic E-state index is 0.112. The number of unbranched alkanes of at least 4 members (excludes halogenated alkanes) is 2. The SMILES string of the molecule is CCCCCC(C)N1CC(O)CC1=O. The monoisotopic (exact) mass is 199 g/mol. The minimum atomic E-state index is -0.434. The Morgan fingerprint density at radius 2 is 2.29 bits per heavy atom. The summed E-state index contributed by atoms with van der Waals surface area (Å²) >= 11 is 0. The second-order valence-corrected chi connectivity index (χ2v) is 4.25. The Balaban J connectivity index is 2.29. The number of rotatable bonds is 5. The van der Waals surface area contributed by atoms with Gasteiger partial charge in [0.2, 0.25) is 5.91 Å². The maximum Gasteiger partial charge on any atom is 0.225 e. The van der Waals surface area contributed by atoms with Crippen molar-refractivity contribution in [1.82, 2.24) is 4.90 Å². The van der Waals surface area contributed by atoms with Crippen LogP contribution in [0.15, 0.2) is 0 Å². The van der Waals surface area contributed by atoms with E-state index >= 15 is 0 Å². The summed E-state index contributed by atoms with van der Waals surface area (Å²) in [6, 6.07) is 0.297. The molecule has 1 aliphatic rings. The van der Waals surface area contributed by atoms with Crippen LogP contribution in [-0.2, 0) is 4.79 Å². The van der Waals surface area contributed by atoms with E-state index in [0.29, 0.717) is 19.0 Å². The van der Waals surface area contributed by atoms with Crippen LogP contribution in [0.5, 0.6) is 0 Å². The van der Waals surface area contributed by atoms with Crippen LogP contribution in [0.4, 0.5) is 0 Å². The van der Waals surface area contributed by atoms with Gasteiger partial charge in [-0.25, -0.2) is 0 Å². The normalized spacial score (nSPS) is 24.4. The molecule has 3 nitrogen and oxygen atoms in total. The topological polar surface area (TPSA) is 40.5 Å². The fourth-order valence-electron chi connectivity index (χ4n) is 1.98. The van der Waals surface area contributed by atoms with E-state index in [9.17, 15) is 9.90 Å². The number of aliphatic hydroxyl groups excluding tert-OH is 1. The van der Waals surface area contributed by atoms with Gasteiger partial charge in [-0.05, 0) is 13.3 Å². The van der Waals surface area contributed by atoms with Gasteiger partial charge in [-0.1, -0.05) is 26.2 Å². The van der Waals surface area contributed by atoms with Crippen molar-refractivity contribution in [3.05, 3.63) is 0 Å². The fourth-order valence-corrected chi connectivity index (χ4v) is 1.98. The summed E-state index contributed by atoms with van der Waals surface area (Å²) in [6.45, 7) is 4.78. The van der Waals surface area contributed by atoms with Crippen molar-refractivity contribution in [3.8, 4) is 0 Å². The number of amides is 1. The maximum absolute atomic E-state index is 11.4. The summed E-state index contributed by atoms with van der Waals surface area (Å²) < 4.78 is 0. The van der Waals surface area contributed by atoms with E-state index < -0.39 is 6.10 Å². The number of aliphatic hydroxyl groups is 1. The molecule has 1 fully saturated rings. The Morgan fingerprint density at radius 1 is 1.57 bits per heavy atom. The summed E-state index contributed by atoms with van der Waals surface area (Å²) in [5.74, 6) is 0.112. The molecule has 0 aliphatic carbocycles.